The van der Waals surface area contributed by atoms with Crippen LogP contribution in [0.25, 0.3) is 0 Å². The van der Waals surface area contributed by atoms with Crippen LogP contribution in [0.4, 0.5) is 0 Å². The van der Waals surface area contributed by atoms with Gasteiger partial charge in [0, 0.05) is 32.3 Å². The number of hydrogen-bond donors (Lipinski definition) is 2. The van der Waals surface area contributed by atoms with Gasteiger partial charge < -0.3 is 29.2 Å². The number of rotatable bonds is 3. The lowest BCUT2D eigenvalue weighted by molar-refractivity contribution is -0.298. The third kappa shape index (κ3) is 3.57. The van der Waals surface area contributed by atoms with Crippen molar-refractivity contribution in [1.82, 2.24) is 0 Å². The van der Waals surface area contributed by atoms with E-state index in [0.717, 1.165) is 0 Å². The maximum atomic E-state index is 12.4. The maximum Gasteiger partial charge on any atom is 0.343 e. The van der Waals surface area contributed by atoms with E-state index in [0.29, 0.717) is 6.42 Å². The Morgan fingerprint density at radius 1 is 1.21 bits per heavy atom. The van der Waals surface area contributed by atoms with Crippen LogP contribution >= 0.6 is 0 Å². The summed E-state index contributed by atoms with van der Waals surface area (Å²) in [6, 6.07) is 0. The molecule has 1 fully saturated rings. The van der Waals surface area contributed by atoms with Gasteiger partial charge in [0.1, 0.15) is 24.1 Å². The molecule has 4 atom stereocenters. The van der Waals surface area contributed by atoms with E-state index in [1.165, 1.54) is 26.8 Å². The van der Waals surface area contributed by atoms with Gasteiger partial charge in [-0.05, 0) is 26.3 Å². The molecule has 3 aliphatic rings. The van der Waals surface area contributed by atoms with Gasteiger partial charge >= 0.3 is 17.9 Å². The standard InChI is InChI=1S/C19H24O9/c1-10(20)25-9-12-15-13(27-16(12)22)7-17(3)5-6-19(24,28-17)18(4,23)8-14(15)26-11(2)21/h7,14,23-24H,5-6,8-9H2,1-4H3/b13-7+/t14-,17-,18+,19+/m0/s1. The predicted molar refractivity (Wildman–Crippen MR) is 92.3 cm³/mol. The summed E-state index contributed by atoms with van der Waals surface area (Å²) in [5, 5.41) is 21.9. The topological polar surface area (TPSA) is 129 Å². The fraction of sp³-hybridized carbons (Fsp3) is 0.632. The minimum absolute atomic E-state index is 0.0110. The van der Waals surface area contributed by atoms with Crippen LogP contribution in [0.3, 0.4) is 0 Å². The van der Waals surface area contributed by atoms with Crippen molar-refractivity contribution in [2.75, 3.05) is 6.61 Å². The van der Waals surface area contributed by atoms with Crippen molar-refractivity contribution >= 4 is 17.9 Å². The van der Waals surface area contributed by atoms with Crippen molar-refractivity contribution < 1.29 is 43.5 Å². The number of carbonyl (C=O) groups excluding carboxylic acids is 3. The molecule has 0 aromatic rings. The Labute approximate surface area is 161 Å². The number of esters is 3. The van der Waals surface area contributed by atoms with E-state index in [-0.39, 0.29) is 36.4 Å². The van der Waals surface area contributed by atoms with Gasteiger partial charge in [0.2, 0.25) is 0 Å². The van der Waals surface area contributed by atoms with E-state index in [1.54, 1.807) is 6.92 Å². The highest BCUT2D eigenvalue weighted by Gasteiger charge is 2.58. The summed E-state index contributed by atoms with van der Waals surface area (Å²) in [6.07, 6.45) is 0.653. The summed E-state index contributed by atoms with van der Waals surface area (Å²) in [7, 11) is 0. The summed E-state index contributed by atoms with van der Waals surface area (Å²) >= 11 is 0. The minimum atomic E-state index is -1.88. The SMILES string of the molecule is CC(=O)OCC1=C2/C(=C\[C@]3(C)CC[C@@](O)(O3)[C@](C)(O)C[C@@H]2OC(C)=O)OC1=O. The average molecular weight is 396 g/mol. The van der Waals surface area contributed by atoms with Gasteiger partial charge in [0.15, 0.2) is 5.79 Å². The van der Waals surface area contributed by atoms with Gasteiger partial charge in [0.25, 0.3) is 0 Å². The summed E-state index contributed by atoms with van der Waals surface area (Å²) in [5.74, 6) is -3.76. The second-order valence-corrected chi connectivity index (χ2v) is 7.85. The monoisotopic (exact) mass is 396 g/mol. The first-order valence-corrected chi connectivity index (χ1v) is 9.00. The Balaban J connectivity index is 2.16. The fourth-order valence-electron chi connectivity index (χ4n) is 3.83. The largest absolute Gasteiger partial charge is 0.461 e. The van der Waals surface area contributed by atoms with Crippen LogP contribution in [0, 0.1) is 0 Å². The number of ether oxygens (including phenoxy) is 4. The molecule has 3 heterocycles. The van der Waals surface area contributed by atoms with Crippen molar-refractivity contribution in [1.29, 1.82) is 0 Å². The Bertz CT molecular complexity index is 793. The number of hydrogen-bond acceptors (Lipinski definition) is 9. The summed E-state index contributed by atoms with van der Waals surface area (Å²) in [5.41, 5.74) is -2.62. The second kappa shape index (κ2) is 6.68. The molecule has 9 heteroatoms. The highest BCUT2D eigenvalue weighted by Crippen LogP contribution is 2.49. The van der Waals surface area contributed by atoms with Crippen LogP contribution in [-0.4, -0.2) is 57.8 Å². The molecule has 154 valence electrons. The molecule has 3 rings (SSSR count). The van der Waals surface area contributed by atoms with Crippen LogP contribution in [0.5, 0.6) is 0 Å². The van der Waals surface area contributed by atoms with Gasteiger partial charge in [-0.3, -0.25) is 9.59 Å². The van der Waals surface area contributed by atoms with Crippen molar-refractivity contribution in [3.63, 3.8) is 0 Å². The van der Waals surface area contributed by atoms with Crippen molar-refractivity contribution in [2.24, 2.45) is 0 Å². The molecule has 0 amide bonds. The Hall–Kier alpha value is -2.23. The van der Waals surface area contributed by atoms with Crippen LogP contribution in [0.15, 0.2) is 23.0 Å². The maximum absolute atomic E-state index is 12.4. The van der Waals surface area contributed by atoms with Crippen LogP contribution in [0.2, 0.25) is 0 Å². The molecular weight excluding hydrogens is 372 g/mol. The van der Waals surface area contributed by atoms with Gasteiger partial charge in [-0.25, -0.2) is 4.79 Å². The highest BCUT2D eigenvalue weighted by molar-refractivity contribution is 5.95. The molecule has 9 nitrogen and oxygen atoms in total. The Kier molecular flexibility index (Phi) is 4.89. The molecule has 0 unspecified atom stereocenters. The van der Waals surface area contributed by atoms with Crippen LogP contribution < -0.4 is 0 Å². The molecular formula is C19H24O9. The predicted octanol–water partition coefficient (Wildman–Crippen LogP) is 0.631. The molecule has 2 bridgehead atoms. The molecule has 0 radical (unpaired) electrons. The Morgan fingerprint density at radius 3 is 2.50 bits per heavy atom. The lowest BCUT2D eigenvalue weighted by Crippen LogP contribution is -2.54. The zero-order valence-electron chi connectivity index (χ0n) is 16.2. The molecule has 0 spiro atoms. The molecule has 3 aliphatic heterocycles. The van der Waals surface area contributed by atoms with Crippen LogP contribution in [0.1, 0.15) is 47.0 Å². The van der Waals surface area contributed by atoms with E-state index in [9.17, 15) is 24.6 Å². The third-order valence-electron chi connectivity index (χ3n) is 5.31. The quantitative estimate of drug-likeness (QED) is 0.521. The highest BCUT2D eigenvalue weighted by atomic mass is 16.7. The fourth-order valence-corrected chi connectivity index (χ4v) is 3.83. The molecule has 0 aliphatic carbocycles. The summed E-state index contributed by atoms with van der Waals surface area (Å²) in [4.78, 5) is 35.3. The van der Waals surface area contributed by atoms with Gasteiger partial charge in [-0.2, -0.15) is 0 Å². The Morgan fingerprint density at radius 2 is 1.89 bits per heavy atom. The van der Waals surface area contributed by atoms with Gasteiger partial charge in [-0.1, -0.05) is 0 Å². The molecule has 0 aromatic heterocycles. The van der Waals surface area contributed by atoms with Crippen molar-refractivity contribution in [3.05, 3.63) is 23.0 Å². The molecule has 28 heavy (non-hydrogen) atoms. The lowest BCUT2D eigenvalue weighted by Gasteiger charge is -2.40. The van der Waals surface area contributed by atoms with Crippen LogP contribution in [-0.2, 0) is 33.3 Å². The summed E-state index contributed by atoms with van der Waals surface area (Å²) < 4.78 is 21.5. The first-order chi connectivity index (χ1) is 12.9. The van der Waals surface area contributed by atoms with E-state index in [2.05, 4.69) is 0 Å². The third-order valence-corrected chi connectivity index (χ3v) is 5.31. The van der Waals surface area contributed by atoms with E-state index in [1.807, 2.05) is 0 Å². The van der Waals surface area contributed by atoms with E-state index in [4.69, 9.17) is 18.9 Å². The first kappa shape index (κ1) is 20.5. The zero-order valence-corrected chi connectivity index (χ0v) is 16.2. The van der Waals surface area contributed by atoms with E-state index >= 15 is 0 Å². The molecule has 2 N–H and O–H groups in total. The summed E-state index contributed by atoms with van der Waals surface area (Å²) in [6.45, 7) is 5.08. The second-order valence-electron chi connectivity index (χ2n) is 7.85. The van der Waals surface area contributed by atoms with E-state index < -0.39 is 41.0 Å². The molecule has 0 saturated carbocycles. The van der Waals surface area contributed by atoms with Crippen molar-refractivity contribution in [2.45, 2.75) is 70.1 Å². The number of aliphatic hydroxyl groups is 2. The lowest BCUT2D eigenvalue weighted by atomic mass is 9.82. The van der Waals surface area contributed by atoms with Crippen molar-refractivity contribution in [3.8, 4) is 0 Å². The molecule has 1 saturated heterocycles. The van der Waals surface area contributed by atoms with Gasteiger partial charge in [0.05, 0.1) is 11.2 Å². The van der Waals surface area contributed by atoms with Gasteiger partial charge in [-0.15, -0.1) is 0 Å². The molecule has 0 aromatic carbocycles. The first-order valence-electron chi connectivity index (χ1n) is 9.00. The number of carbonyl (C=O) groups is 3. The average Bonchev–Trinajstić information content (AvgIpc) is 3.01. The zero-order chi connectivity index (χ0) is 20.9. The minimum Gasteiger partial charge on any atom is -0.461 e. The number of fused-ring (bicyclic) bond motifs is 3. The normalized spacial score (nSPS) is 39.1. The smallest absolute Gasteiger partial charge is 0.343 e.